The van der Waals surface area contributed by atoms with E-state index in [1.54, 1.807) is 28.6 Å². The Morgan fingerprint density at radius 2 is 1.83 bits per heavy atom. The highest BCUT2D eigenvalue weighted by molar-refractivity contribution is 7.89. The first kappa shape index (κ1) is 24.9. The topological polar surface area (TPSA) is 116 Å². The van der Waals surface area contributed by atoms with Crippen LogP contribution in [0.25, 0.3) is 0 Å². The molecule has 1 aliphatic heterocycles. The Hall–Kier alpha value is -3.17. The lowest BCUT2D eigenvalue weighted by Gasteiger charge is -2.54. The number of benzene rings is 2. The zero-order valence-corrected chi connectivity index (χ0v) is 20.3. The van der Waals surface area contributed by atoms with Crippen LogP contribution < -0.4 is 10.6 Å². The maximum Gasteiger partial charge on any atom is 0.405 e. The Kier molecular flexibility index (Phi) is 7.28. The van der Waals surface area contributed by atoms with Gasteiger partial charge >= 0.3 is 6.09 Å². The number of hydrogen-bond donors (Lipinski definition) is 3. The Labute approximate surface area is 206 Å². The minimum Gasteiger partial charge on any atom is -0.465 e. The quantitative estimate of drug-likeness (QED) is 0.482. The summed E-state index contributed by atoms with van der Waals surface area (Å²) in [5.74, 6) is -0.239. The molecule has 8 nitrogen and oxygen atoms in total. The van der Waals surface area contributed by atoms with Crippen LogP contribution in [0.4, 0.5) is 4.79 Å². The Morgan fingerprint density at radius 1 is 1.14 bits per heavy atom. The molecule has 1 spiro atoms. The summed E-state index contributed by atoms with van der Waals surface area (Å²) in [6.45, 7) is 3.83. The highest BCUT2D eigenvalue weighted by Crippen LogP contribution is 2.47. The SMILES string of the molecule is C=CC(=O)NC1CCN(S(=O)(=O)c2ccc(C(Cc3ccccc3)NC(=O)O)cc2)C2(CCC2)C1. The normalized spacial score (nSPS) is 20.4. The number of hydrogen-bond acceptors (Lipinski definition) is 4. The van der Waals surface area contributed by atoms with Gasteiger partial charge in [0, 0.05) is 18.1 Å². The van der Waals surface area contributed by atoms with Gasteiger partial charge in [0.2, 0.25) is 15.9 Å². The molecule has 35 heavy (non-hydrogen) atoms. The molecular formula is C26H31N3O5S. The van der Waals surface area contributed by atoms with Gasteiger partial charge in [0.05, 0.1) is 10.9 Å². The molecule has 2 aromatic rings. The number of sulfonamides is 1. The number of rotatable bonds is 8. The van der Waals surface area contributed by atoms with Crippen molar-refractivity contribution in [2.45, 2.75) is 61.0 Å². The van der Waals surface area contributed by atoms with E-state index >= 15 is 0 Å². The lowest BCUT2D eigenvalue weighted by Crippen LogP contribution is -2.63. The summed E-state index contributed by atoms with van der Waals surface area (Å²) < 4.78 is 28.9. The minimum atomic E-state index is -3.75. The van der Waals surface area contributed by atoms with E-state index in [9.17, 15) is 23.1 Å². The second-order valence-corrected chi connectivity index (χ2v) is 11.2. The van der Waals surface area contributed by atoms with Gasteiger partial charge in [0.1, 0.15) is 0 Å². The van der Waals surface area contributed by atoms with Crippen molar-refractivity contribution >= 4 is 22.0 Å². The van der Waals surface area contributed by atoms with Crippen LogP contribution in [0.2, 0.25) is 0 Å². The molecule has 2 aliphatic rings. The molecule has 4 rings (SSSR count). The second-order valence-electron chi connectivity index (χ2n) is 9.32. The summed E-state index contributed by atoms with van der Waals surface area (Å²) in [7, 11) is -3.75. The number of nitrogens with zero attached hydrogens (tertiary/aromatic N) is 1. The number of carboxylic acid groups (broad SMARTS) is 1. The highest BCUT2D eigenvalue weighted by Gasteiger charge is 2.51. The first-order chi connectivity index (χ1) is 16.7. The van der Waals surface area contributed by atoms with Crippen LogP contribution in [-0.4, -0.2) is 48.0 Å². The molecule has 1 aliphatic carbocycles. The van der Waals surface area contributed by atoms with Gasteiger partial charge < -0.3 is 15.7 Å². The molecule has 2 fully saturated rings. The first-order valence-corrected chi connectivity index (χ1v) is 13.3. The third-order valence-corrected chi connectivity index (χ3v) is 9.12. The molecule has 186 valence electrons. The Bertz CT molecular complexity index is 1180. The van der Waals surface area contributed by atoms with Crippen molar-refractivity contribution in [3.05, 3.63) is 78.4 Å². The van der Waals surface area contributed by atoms with E-state index < -0.39 is 27.7 Å². The standard InChI is InChI=1S/C26H31N3O5S/c1-2-24(30)27-21-13-16-29(26(18-21)14-6-15-26)35(33,34)22-11-9-20(10-12-22)23(28-25(31)32)17-19-7-4-3-5-8-19/h2-5,7-12,21,23,28H,1,6,13-18H2,(H,27,30)(H,31,32). The van der Waals surface area contributed by atoms with Crippen LogP contribution in [0, 0.1) is 0 Å². The maximum atomic E-state index is 13.6. The average molecular weight is 498 g/mol. The van der Waals surface area contributed by atoms with E-state index in [0.717, 1.165) is 24.8 Å². The van der Waals surface area contributed by atoms with Crippen molar-refractivity contribution in [3.8, 4) is 0 Å². The van der Waals surface area contributed by atoms with Gasteiger partial charge in [-0.05, 0) is 67.9 Å². The van der Waals surface area contributed by atoms with E-state index in [4.69, 9.17) is 0 Å². The number of nitrogens with one attached hydrogen (secondary N) is 2. The van der Waals surface area contributed by atoms with E-state index in [-0.39, 0.29) is 16.8 Å². The first-order valence-electron chi connectivity index (χ1n) is 11.8. The summed E-state index contributed by atoms with van der Waals surface area (Å²) >= 11 is 0. The molecule has 2 unspecified atom stereocenters. The number of amides is 2. The van der Waals surface area contributed by atoms with Crippen molar-refractivity contribution in [3.63, 3.8) is 0 Å². The number of carbonyl (C=O) groups excluding carboxylic acids is 1. The van der Waals surface area contributed by atoms with Crippen molar-refractivity contribution in [2.75, 3.05) is 6.54 Å². The van der Waals surface area contributed by atoms with E-state index in [1.165, 1.54) is 6.08 Å². The minimum absolute atomic E-state index is 0.0736. The molecule has 0 radical (unpaired) electrons. The molecule has 1 saturated carbocycles. The number of carbonyl (C=O) groups is 2. The van der Waals surface area contributed by atoms with E-state index in [0.29, 0.717) is 31.4 Å². The van der Waals surface area contributed by atoms with Gasteiger partial charge in [-0.25, -0.2) is 13.2 Å². The summed E-state index contributed by atoms with van der Waals surface area (Å²) in [6, 6.07) is 15.4. The molecule has 1 saturated heterocycles. The van der Waals surface area contributed by atoms with Gasteiger partial charge in [-0.15, -0.1) is 0 Å². The lowest BCUT2D eigenvalue weighted by atomic mass is 9.70. The van der Waals surface area contributed by atoms with Gasteiger partial charge in [0.15, 0.2) is 0 Å². The fourth-order valence-corrected chi connectivity index (χ4v) is 7.07. The molecule has 2 atom stereocenters. The number of piperidine rings is 1. The van der Waals surface area contributed by atoms with Gasteiger partial charge in [-0.3, -0.25) is 4.79 Å². The zero-order valence-electron chi connectivity index (χ0n) is 19.5. The molecule has 2 amide bonds. The fraction of sp³-hybridized carbons (Fsp3) is 0.385. The van der Waals surface area contributed by atoms with Crippen LogP contribution in [-0.2, 0) is 21.2 Å². The van der Waals surface area contributed by atoms with Crippen molar-refractivity contribution in [1.82, 2.24) is 14.9 Å². The monoisotopic (exact) mass is 497 g/mol. The highest BCUT2D eigenvalue weighted by atomic mass is 32.2. The van der Waals surface area contributed by atoms with Crippen LogP contribution >= 0.6 is 0 Å². The molecule has 1 heterocycles. The summed E-state index contributed by atoms with van der Waals surface area (Å²) in [5.41, 5.74) is 1.19. The lowest BCUT2D eigenvalue weighted by molar-refractivity contribution is -0.117. The predicted octanol–water partition coefficient (Wildman–Crippen LogP) is 3.62. The third kappa shape index (κ3) is 5.41. The smallest absolute Gasteiger partial charge is 0.405 e. The summed E-state index contributed by atoms with van der Waals surface area (Å²) in [6.07, 6.45) is 4.18. The second kappa shape index (κ2) is 10.2. The molecule has 2 aromatic carbocycles. The largest absolute Gasteiger partial charge is 0.465 e. The van der Waals surface area contributed by atoms with Crippen molar-refractivity contribution in [2.24, 2.45) is 0 Å². The predicted molar refractivity (Wildman–Crippen MR) is 132 cm³/mol. The fourth-order valence-electron chi connectivity index (χ4n) is 5.22. The van der Waals surface area contributed by atoms with Crippen LogP contribution in [0.1, 0.15) is 49.3 Å². The molecule has 0 bridgehead atoms. The van der Waals surface area contributed by atoms with Crippen LogP contribution in [0.5, 0.6) is 0 Å². The Balaban J connectivity index is 1.54. The summed E-state index contributed by atoms with van der Waals surface area (Å²) in [4.78, 5) is 23.3. The van der Waals surface area contributed by atoms with Gasteiger partial charge in [-0.1, -0.05) is 49.0 Å². The molecular weight excluding hydrogens is 466 g/mol. The molecule has 3 N–H and O–H groups in total. The average Bonchev–Trinajstić information content (AvgIpc) is 2.83. The molecule has 9 heteroatoms. The molecule has 0 aromatic heterocycles. The Morgan fingerprint density at radius 3 is 2.40 bits per heavy atom. The summed E-state index contributed by atoms with van der Waals surface area (Å²) in [5, 5.41) is 14.8. The third-order valence-electron chi connectivity index (χ3n) is 7.10. The van der Waals surface area contributed by atoms with Crippen LogP contribution in [0.15, 0.2) is 72.1 Å². The zero-order chi connectivity index (χ0) is 25.1. The van der Waals surface area contributed by atoms with Crippen molar-refractivity contribution < 1.29 is 23.1 Å². The van der Waals surface area contributed by atoms with E-state index in [2.05, 4.69) is 17.2 Å². The van der Waals surface area contributed by atoms with Gasteiger partial charge in [0.25, 0.3) is 0 Å². The van der Waals surface area contributed by atoms with Gasteiger partial charge in [-0.2, -0.15) is 4.31 Å². The maximum absolute atomic E-state index is 13.6. The van der Waals surface area contributed by atoms with Crippen molar-refractivity contribution in [1.29, 1.82) is 0 Å². The van der Waals surface area contributed by atoms with Crippen LogP contribution in [0.3, 0.4) is 0 Å². The van der Waals surface area contributed by atoms with E-state index in [1.807, 2.05) is 30.3 Å².